The molecule has 0 aliphatic heterocycles. The smallest absolute Gasteiger partial charge is 0.102 e. The molecule has 0 aromatic rings. The van der Waals surface area contributed by atoms with E-state index in [1.807, 2.05) is 0 Å². The van der Waals surface area contributed by atoms with Crippen molar-refractivity contribution in [2.24, 2.45) is 0 Å². The number of aliphatic hydroxyl groups excluding tert-OH is 1. The zero-order chi connectivity index (χ0) is 31.4. The van der Waals surface area contributed by atoms with Gasteiger partial charge in [0.15, 0.2) is 0 Å². The van der Waals surface area contributed by atoms with Crippen molar-refractivity contribution in [2.75, 3.05) is 32.8 Å². The summed E-state index contributed by atoms with van der Waals surface area (Å²) in [7, 11) is 0. The molecule has 1 N–H and O–H groups in total. The van der Waals surface area contributed by atoms with Crippen LogP contribution in [0.3, 0.4) is 0 Å². The Kier molecular flexibility index (Phi) is 36.3. The van der Waals surface area contributed by atoms with Crippen LogP contribution in [-0.4, -0.2) is 42.4 Å². The molecular weight excluding hydrogens is 522 g/mol. The molecule has 0 radical (unpaired) electrons. The van der Waals surface area contributed by atoms with E-state index in [9.17, 15) is 5.11 Å². The number of hydrogen-bond acceptors (Lipinski definition) is 1. The topological polar surface area (TPSA) is 20.2 Å². The molecule has 0 aromatic heterocycles. The SMILES string of the molecule is CCCCCCCCCCCCCCCCCCC[N+](CC)(CCO)CCCCCCCCCCCCCCCCCC. The standard InChI is InChI=1S/C41H86NO/c1-4-7-9-11-13-15-17-19-21-23-25-27-29-31-33-35-37-39-42(6-3,40-41-43)38-36-34-32-30-28-26-24-22-20-18-16-14-12-10-8-5-2/h43H,4-41H2,1-3H3/q+1. The van der Waals surface area contributed by atoms with Gasteiger partial charge in [0.25, 0.3) is 0 Å². The lowest BCUT2D eigenvalue weighted by molar-refractivity contribution is -0.927. The lowest BCUT2D eigenvalue weighted by Crippen LogP contribution is -2.51. The molecule has 1 unspecified atom stereocenters. The first-order chi connectivity index (χ1) is 21.2. The van der Waals surface area contributed by atoms with E-state index >= 15 is 0 Å². The van der Waals surface area contributed by atoms with Gasteiger partial charge in [-0.2, -0.15) is 0 Å². The number of likely N-dealkylation sites (N-methyl/N-ethyl adjacent to an activating group) is 1. The number of unbranched alkanes of at least 4 members (excludes halogenated alkanes) is 31. The maximum absolute atomic E-state index is 9.80. The summed E-state index contributed by atoms with van der Waals surface area (Å²) in [5.41, 5.74) is 0. The van der Waals surface area contributed by atoms with E-state index in [2.05, 4.69) is 20.8 Å². The fourth-order valence-electron chi connectivity index (χ4n) is 7.19. The van der Waals surface area contributed by atoms with Gasteiger partial charge >= 0.3 is 0 Å². The summed E-state index contributed by atoms with van der Waals surface area (Å²) in [6.45, 7) is 12.1. The number of quaternary nitrogens is 1. The van der Waals surface area contributed by atoms with Gasteiger partial charge in [0.2, 0.25) is 0 Å². The highest BCUT2D eigenvalue weighted by molar-refractivity contribution is 4.54. The monoisotopic (exact) mass is 609 g/mol. The minimum Gasteiger partial charge on any atom is -0.391 e. The van der Waals surface area contributed by atoms with Crippen molar-refractivity contribution in [1.82, 2.24) is 0 Å². The largest absolute Gasteiger partial charge is 0.391 e. The summed E-state index contributed by atoms with van der Waals surface area (Å²) in [6, 6.07) is 0. The Balaban J connectivity index is 3.60. The Morgan fingerprint density at radius 3 is 0.674 bits per heavy atom. The third-order valence-corrected chi connectivity index (χ3v) is 10.5. The normalized spacial score (nSPS) is 13.1. The van der Waals surface area contributed by atoms with Crippen molar-refractivity contribution in [3.63, 3.8) is 0 Å². The van der Waals surface area contributed by atoms with Crippen LogP contribution in [0.15, 0.2) is 0 Å². The summed E-state index contributed by atoms with van der Waals surface area (Å²) >= 11 is 0. The molecule has 0 amide bonds. The number of rotatable bonds is 38. The van der Waals surface area contributed by atoms with Crippen LogP contribution in [0.5, 0.6) is 0 Å². The molecule has 0 aromatic carbocycles. The molecule has 0 aliphatic carbocycles. The van der Waals surface area contributed by atoms with Crippen LogP contribution in [-0.2, 0) is 0 Å². The first-order valence-electron chi connectivity index (χ1n) is 20.7. The quantitative estimate of drug-likeness (QED) is 0.0546. The lowest BCUT2D eigenvalue weighted by atomic mass is 10.0. The Labute approximate surface area is 274 Å². The van der Waals surface area contributed by atoms with Crippen LogP contribution < -0.4 is 0 Å². The number of aliphatic hydroxyl groups is 1. The van der Waals surface area contributed by atoms with Gasteiger partial charge in [-0.25, -0.2) is 0 Å². The van der Waals surface area contributed by atoms with E-state index in [1.54, 1.807) is 0 Å². The summed E-state index contributed by atoms with van der Waals surface area (Å²) in [5, 5.41) is 9.80. The van der Waals surface area contributed by atoms with Crippen LogP contribution in [0.4, 0.5) is 0 Å². The van der Waals surface area contributed by atoms with Crippen LogP contribution in [0.2, 0.25) is 0 Å². The van der Waals surface area contributed by atoms with Gasteiger partial charge in [0.05, 0.1) is 26.2 Å². The maximum atomic E-state index is 9.80. The zero-order valence-corrected chi connectivity index (χ0v) is 30.8. The predicted molar refractivity (Wildman–Crippen MR) is 196 cm³/mol. The highest BCUT2D eigenvalue weighted by Gasteiger charge is 2.23. The van der Waals surface area contributed by atoms with Gasteiger partial charge in [-0.1, -0.05) is 200 Å². The second-order valence-electron chi connectivity index (χ2n) is 14.5. The van der Waals surface area contributed by atoms with Crippen molar-refractivity contribution in [2.45, 2.75) is 233 Å². The van der Waals surface area contributed by atoms with Gasteiger partial charge in [0.1, 0.15) is 6.54 Å². The van der Waals surface area contributed by atoms with E-state index in [4.69, 9.17) is 0 Å². The molecule has 0 heterocycles. The summed E-state index contributed by atoms with van der Waals surface area (Å²) in [4.78, 5) is 0. The molecule has 0 bridgehead atoms. The van der Waals surface area contributed by atoms with Gasteiger partial charge < -0.3 is 9.59 Å². The number of nitrogens with zero attached hydrogens (tertiary/aromatic N) is 1. The lowest BCUT2D eigenvalue weighted by Gasteiger charge is -2.37. The van der Waals surface area contributed by atoms with Gasteiger partial charge in [-0.05, 0) is 32.6 Å². The third-order valence-electron chi connectivity index (χ3n) is 10.5. The van der Waals surface area contributed by atoms with Gasteiger partial charge in [0, 0.05) is 0 Å². The Bertz CT molecular complexity index is 494. The Hall–Kier alpha value is -0.0800. The average Bonchev–Trinajstić information content (AvgIpc) is 3.02. The highest BCUT2D eigenvalue weighted by atomic mass is 16.3. The third kappa shape index (κ3) is 31.7. The van der Waals surface area contributed by atoms with E-state index in [0.29, 0.717) is 6.61 Å². The maximum Gasteiger partial charge on any atom is 0.102 e. The highest BCUT2D eigenvalue weighted by Crippen LogP contribution is 2.18. The second-order valence-corrected chi connectivity index (χ2v) is 14.5. The molecule has 1 atom stereocenters. The average molecular weight is 609 g/mol. The summed E-state index contributed by atoms with van der Waals surface area (Å²) in [6.07, 6.45) is 47.5. The Morgan fingerprint density at radius 1 is 0.279 bits per heavy atom. The van der Waals surface area contributed by atoms with Crippen LogP contribution in [0.1, 0.15) is 233 Å². The first kappa shape index (κ1) is 42.9. The fraction of sp³-hybridized carbons (Fsp3) is 1.00. The first-order valence-corrected chi connectivity index (χ1v) is 20.7. The predicted octanol–water partition coefficient (Wildman–Crippen LogP) is 13.7. The molecule has 260 valence electrons. The van der Waals surface area contributed by atoms with Crippen LogP contribution in [0.25, 0.3) is 0 Å². The van der Waals surface area contributed by atoms with Gasteiger partial charge in [-0.15, -0.1) is 0 Å². The van der Waals surface area contributed by atoms with E-state index < -0.39 is 0 Å². The number of hydrogen-bond donors (Lipinski definition) is 1. The molecule has 2 heteroatoms. The van der Waals surface area contributed by atoms with E-state index in [1.165, 1.54) is 232 Å². The Morgan fingerprint density at radius 2 is 0.488 bits per heavy atom. The van der Waals surface area contributed by atoms with Crippen molar-refractivity contribution >= 4 is 0 Å². The van der Waals surface area contributed by atoms with Crippen molar-refractivity contribution in [1.29, 1.82) is 0 Å². The van der Waals surface area contributed by atoms with Crippen LogP contribution in [0, 0.1) is 0 Å². The van der Waals surface area contributed by atoms with E-state index in [-0.39, 0.29) is 0 Å². The fourth-order valence-corrected chi connectivity index (χ4v) is 7.19. The molecule has 43 heavy (non-hydrogen) atoms. The van der Waals surface area contributed by atoms with Crippen molar-refractivity contribution in [3.8, 4) is 0 Å². The van der Waals surface area contributed by atoms with Crippen molar-refractivity contribution < 1.29 is 9.59 Å². The molecule has 0 spiro atoms. The second kappa shape index (κ2) is 36.4. The molecule has 0 fully saturated rings. The molecule has 0 saturated carbocycles. The van der Waals surface area contributed by atoms with E-state index in [0.717, 1.165) is 11.0 Å². The summed E-state index contributed by atoms with van der Waals surface area (Å²) in [5.74, 6) is 0. The molecule has 0 saturated heterocycles. The van der Waals surface area contributed by atoms with Gasteiger partial charge in [-0.3, -0.25) is 0 Å². The molecule has 0 aliphatic rings. The summed E-state index contributed by atoms with van der Waals surface area (Å²) < 4.78 is 1.16. The minimum absolute atomic E-state index is 0.353. The molecular formula is C41H86NO+. The van der Waals surface area contributed by atoms with Crippen LogP contribution >= 0.6 is 0 Å². The van der Waals surface area contributed by atoms with Crippen molar-refractivity contribution in [3.05, 3.63) is 0 Å². The molecule has 2 nitrogen and oxygen atoms in total. The minimum atomic E-state index is 0.353. The zero-order valence-electron chi connectivity index (χ0n) is 30.8. The molecule has 0 rings (SSSR count).